The SMILES string of the molecule is CC(=O)N1N=C(n2c(C)nc3ccccc3c2=O)OC1c1ccccc1. The molecule has 130 valence electrons. The van der Waals surface area contributed by atoms with E-state index >= 15 is 0 Å². The summed E-state index contributed by atoms with van der Waals surface area (Å²) >= 11 is 0. The third kappa shape index (κ3) is 2.54. The van der Waals surface area contributed by atoms with Gasteiger partial charge in [0.2, 0.25) is 12.1 Å². The van der Waals surface area contributed by atoms with Crippen molar-refractivity contribution in [3.8, 4) is 0 Å². The van der Waals surface area contributed by atoms with Crippen LogP contribution >= 0.6 is 0 Å². The molecule has 2 aromatic carbocycles. The third-order valence-electron chi connectivity index (χ3n) is 4.17. The fourth-order valence-electron chi connectivity index (χ4n) is 2.95. The molecular weight excluding hydrogens is 332 g/mol. The van der Waals surface area contributed by atoms with Gasteiger partial charge in [0.15, 0.2) is 0 Å². The summed E-state index contributed by atoms with van der Waals surface area (Å²) in [7, 11) is 0. The van der Waals surface area contributed by atoms with Crippen molar-refractivity contribution in [1.29, 1.82) is 0 Å². The van der Waals surface area contributed by atoms with Crippen molar-refractivity contribution in [3.63, 3.8) is 0 Å². The highest BCUT2D eigenvalue weighted by Gasteiger charge is 2.34. The molecule has 0 N–H and O–H groups in total. The summed E-state index contributed by atoms with van der Waals surface area (Å²) in [6.07, 6.45) is -0.721. The summed E-state index contributed by atoms with van der Waals surface area (Å²) in [4.78, 5) is 29.4. The average molecular weight is 348 g/mol. The predicted molar refractivity (Wildman–Crippen MR) is 96.4 cm³/mol. The number of nitrogens with zero attached hydrogens (tertiary/aromatic N) is 4. The van der Waals surface area contributed by atoms with E-state index in [2.05, 4.69) is 10.1 Å². The van der Waals surface area contributed by atoms with Crippen LogP contribution in [0.5, 0.6) is 0 Å². The second-order valence-electron chi connectivity index (χ2n) is 5.94. The summed E-state index contributed by atoms with van der Waals surface area (Å²) in [5, 5.41) is 5.93. The Morgan fingerprint density at radius 1 is 1.08 bits per heavy atom. The van der Waals surface area contributed by atoms with E-state index in [9.17, 15) is 9.59 Å². The average Bonchev–Trinajstić information content (AvgIpc) is 3.08. The van der Waals surface area contributed by atoms with Gasteiger partial charge in [-0.2, -0.15) is 5.01 Å². The van der Waals surface area contributed by atoms with Crippen molar-refractivity contribution in [2.24, 2.45) is 5.10 Å². The number of benzene rings is 2. The van der Waals surface area contributed by atoms with Crippen LogP contribution in [0.1, 0.15) is 24.5 Å². The Kier molecular flexibility index (Phi) is 3.76. The van der Waals surface area contributed by atoms with Gasteiger partial charge in [0.05, 0.1) is 10.9 Å². The largest absolute Gasteiger partial charge is 0.433 e. The molecule has 3 aromatic rings. The van der Waals surface area contributed by atoms with Crippen molar-refractivity contribution in [2.45, 2.75) is 20.1 Å². The molecule has 0 bridgehead atoms. The number of hydrogen-bond donors (Lipinski definition) is 0. The molecule has 7 nitrogen and oxygen atoms in total. The highest BCUT2D eigenvalue weighted by atomic mass is 16.5. The number of amides is 1. The predicted octanol–water partition coefficient (Wildman–Crippen LogP) is 2.40. The second kappa shape index (κ2) is 6.11. The molecule has 1 aromatic heterocycles. The molecule has 1 unspecified atom stereocenters. The van der Waals surface area contributed by atoms with Gasteiger partial charge in [0.25, 0.3) is 5.56 Å². The minimum atomic E-state index is -0.721. The molecule has 0 saturated carbocycles. The molecule has 2 heterocycles. The van der Waals surface area contributed by atoms with Crippen LogP contribution in [0.25, 0.3) is 10.9 Å². The standard InChI is InChI=1S/C19H16N4O3/c1-12-20-16-11-7-6-10-15(16)17(25)22(12)19-21-23(13(2)24)18(26-19)14-8-4-3-5-9-14/h3-11,18H,1-2H3. The lowest BCUT2D eigenvalue weighted by Crippen LogP contribution is -2.31. The number of aromatic nitrogens is 2. The van der Waals surface area contributed by atoms with Gasteiger partial charge in [-0.15, -0.1) is 5.10 Å². The molecule has 0 fully saturated rings. The Morgan fingerprint density at radius 3 is 2.50 bits per heavy atom. The van der Waals surface area contributed by atoms with E-state index < -0.39 is 6.23 Å². The van der Waals surface area contributed by atoms with Crippen molar-refractivity contribution < 1.29 is 9.53 Å². The number of carbonyl (C=O) groups is 1. The highest BCUT2D eigenvalue weighted by molar-refractivity contribution is 5.86. The fraction of sp³-hybridized carbons (Fsp3) is 0.158. The van der Waals surface area contributed by atoms with Crippen LogP contribution in [0, 0.1) is 6.92 Å². The van der Waals surface area contributed by atoms with Crippen LogP contribution in [-0.2, 0) is 9.53 Å². The lowest BCUT2D eigenvalue weighted by Gasteiger charge is -2.19. The first kappa shape index (κ1) is 16.0. The minimum Gasteiger partial charge on any atom is -0.433 e. The number of para-hydroxylation sites is 1. The van der Waals surface area contributed by atoms with Crippen LogP contribution in [-0.4, -0.2) is 26.5 Å². The number of carbonyl (C=O) groups excluding carboxylic acids is 1. The number of aryl methyl sites for hydroxylation is 1. The second-order valence-corrected chi connectivity index (χ2v) is 5.94. The van der Waals surface area contributed by atoms with Gasteiger partial charge >= 0.3 is 6.02 Å². The lowest BCUT2D eigenvalue weighted by atomic mass is 10.2. The molecule has 0 spiro atoms. The molecule has 0 aliphatic carbocycles. The number of hydrogen-bond acceptors (Lipinski definition) is 5. The monoisotopic (exact) mass is 348 g/mol. The number of rotatable bonds is 1. The molecule has 0 saturated heterocycles. The van der Waals surface area contributed by atoms with Gasteiger partial charge in [0, 0.05) is 12.5 Å². The van der Waals surface area contributed by atoms with Crippen molar-refractivity contribution in [1.82, 2.24) is 14.6 Å². The van der Waals surface area contributed by atoms with E-state index in [1.54, 1.807) is 25.1 Å². The minimum absolute atomic E-state index is 0.0369. The molecule has 1 atom stereocenters. The fourth-order valence-corrected chi connectivity index (χ4v) is 2.95. The lowest BCUT2D eigenvalue weighted by molar-refractivity contribution is -0.135. The van der Waals surface area contributed by atoms with Crippen molar-refractivity contribution >= 4 is 22.8 Å². The van der Waals surface area contributed by atoms with E-state index in [1.807, 2.05) is 36.4 Å². The Bertz CT molecular complexity index is 1090. The molecular formula is C19H16N4O3. The molecule has 1 aliphatic heterocycles. The summed E-state index contributed by atoms with van der Waals surface area (Å²) < 4.78 is 7.19. The van der Waals surface area contributed by atoms with Gasteiger partial charge < -0.3 is 4.74 Å². The topological polar surface area (TPSA) is 76.8 Å². The normalized spacial score (nSPS) is 16.5. The molecule has 7 heteroatoms. The Balaban J connectivity index is 1.84. The van der Waals surface area contributed by atoms with Crippen LogP contribution < -0.4 is 5.56 Å². The Labute approximate surface area is 149 Å². The molecule has 26 heavy (non-hydrogen) atoms. The smallest absolute Gasteiger partial charge is 0.324 e. The van der Waals surface area contributed by atoms with E-state index in [0.29, 0.717) is 16.7 Å². The van der Waals surface area contributed by atoms with E-state index in [-0.39, 0.29) is 17.5 Å². The molecule has 1 aliphatic rings. The maximum atomic E-state index is 12.9. The first-order valence-corrected chi connectivity index (χ1v) is 8.15. The van der Waals surface area contributed by atoms with Crippen LogP contribution in [0.4, 0.5) is 0 Å². The van der Waals surface area contributed by atoms with E-state index in [4.69, 9.17) is 4.74 Å². The molecule has 1 amide bonds. The van der Waals surface area contributed by atoms with Gasteiger partial charge in [-0.05, 0) is 19.1 Å². The Morgan fingerprint density at radius 2 is 1.77 bits per heavy atom. The maximum Gasteiger partial charge on any atom is 0.324 e. The highest BCUT2D eigenvalue weighted by Crippen LogP contribution is 2.28. The number of ether oxygens (including phenoxy) is 1. The number of fused-ring (bicyclic) bond motifs is 1. The van der Waals surface area contributed by atoms with Gasteiger partial charge in [-0.1, -0.05) is 42.5 Å². The quantitative estimate of drug-likeness (QED) is 0.677. The third-order valence-corrected chi connectivity index (χ3v) is 4.17. The Hall–Kier alpha value is -3.48. The van der Waals surface area contributed by atoms with E-state index in [0.717, 1.165) is 5.56 Å². The van der Waals surface area contributed by atoms with E-state index in [1.165, 1.54) is 16.5 Å². The summed E-state index contributed by atoms with van der Waals surface area (Å²) in [6.45, 7) is 3.10. The molecule has 4 rings (SSSR count). The van der Waals surface area contributed by atoms with Crippen LogP contribution in [0.3, 0.4) is 0 Å². The number of hydrazone groups is 1. The maximum absolute atomic E-state index is 12.9. The molecule has 0 radical (unpaired) electrons. The van der Waals surface area contributed by atoms with Crippen molar-refractivity contribution in [2.75, 3.05) is 0 Å². The zero-order chi connectivity index (χ0) is 18.3. The van der Waals surface area contributed by atoms with Crippen molar-refractivity contribution in [3.05, 3.63) is 76.3 Å². The summed E-state index contributed by atoms with van der Waals surface area (Å²) in [5.74, 6) is 0.151. The summed E-state index contributed by atoms with van der Waals surface area (Å²) in [6, 6.07) is 16.4. The zero-order valence-electron chi connectivity index (χ0n) is 14.3. The van der Waals surface area contributed by atoms with Gasteiger partial charge in [0.1, 0.15) is 5.82 Å². The first-order valence-electron chi connectivity index (χ1n) is 8.15. The summed E-state index contributed by atoms with van der Waals surface area (Å²) in [5.41, 5.74) is 1.08. The van der Waals surface area contributed by atoms with Gasteiger partial charge in [-0.3, -0.25) is 9.59 Å². The first-order chi connectivity index (χ1) is 12.6. The van der Waals surface area contributed by atoms with Crippen LogP contribution in [0.15, 0.2) is 64.5 Å². The zero-order valence-corrected chi connectivity index (χ0v) is 14.3. The van der Waals surface area contributed by atoms with Gasteiger partial charge in [-0.25, -0.2) is 9.55 Å². The van der Waals surface area contributed by atoms with Crippen LogP contribution in [0.2, 0.25) is 0 Å².